The Kier molecular flexibility index (Phi) is 5.53. The third-order valence-electron chi connectivity index (χ3n) is 4.73. The number of aromatic carboxylic acids is 4. The molecule has 0 aliphatic carbocycles. The first-order valence-corrected chi connectivity index (χ1v) is 8.80. The lowest BCUT2D eigenvalue weighted by Crippen LogP contribution is -2.09. The second kappa shape index (κ2) is 8.11. The predicted molar refractivity (Wildman–Crippen MR) is 108 cm³/mol. The lowest BCUT2D eigenvalue weighted by molar-refractivity contribution is 0.0648. The third-order valence-corrected chi connectivity index (χ3v) is 4.73. The van der Waals surface area contributed by atoms with Gasteiger partial charge in [0.25, 0.3) is 0 Å². The molecule has 0 spiro atoms. The van der Waals surface area contributed by atoms with E-state index in [1.54, 1.807) is 0 Å². The van der Waals surface area contributed by atoms with Crippen LogP contribution in [0.2, 0.25) is 0 Å². The number of carbonyl (C=O) groups is 4. The Labute approximate surface area is 178 Å². The molecule has 0 aliphatic rings. The highest BCUT2D eigenvalue weighted by molar-refractivity contribution is 6.07. The Morgan fingerprint density at radius 3 is 1.22 bits per heavy atom. The van der Waals surface area contributed by atoms with E-state index in [0.717, 1.165) is 12.1 Å². The summed E-state index contributed by atoms with van der Waals surface area (Å²) in [6.07, 6.45) is 0. The molecule has 0 radical (unpaired) electrons. The van der Waals surface area contributed by atoms with Crippen molar-refractivity contribution in [1.82, 2.24) is 0 Å². The Bertz CT molecular complexity index is 1210. The van der Waals surface area contributed by atoms with Gasteiger partial charge in [0.15, 0.2) is 0 Å². The van der Waals surface area contributed by atoms with E-state index in [9.17, 15) is 39.6 Å². The minimum absolute atomic E-state index is 0.0191. The van der Waals surface area contributed by atoms with Crippen LogP contribution in [-0.2, 0) is 0 Å². The molecule has 3 rings (SSSR count). The van der Waals surface area contributed by atoms with Crippen LogP contribution in [0.3, 0.4) is 0 Å². The van der Waals surface area contributed by atoms with E-state index in [4.69, 9.17) is 10.2 Å². The van der Waals surface area contributed by atoms with Gasteiger partial charge in [-0.3, -0.25) is 0 Å². The van der Waals surface area contributed by atoms with Crippen LogP contribution in [0.15, 0.2) is 48.5 Å². The van der Waals surface area contributed by atoms with Crippen molar-refractivity contribution in [2.45, 2.75) is 0 Å². The summed E-state index contributed by atoms with van der Waals surface area (Å²) in [6, 6.07) is 10.3. The summed E-state index contributed by atoms with van der Waals surface area (Å²) in [6.45, 7) is 0. The van der Waals surface area contributed by atoms with Crippen molar-refractivity contribution in [1.29, 1.82) is 0 Å². The molecule has 0 aliphatic heterocycles. The van der Waals surface area contributed by atoms with Crippen molar-refractivity contribution in [3.63, 3.8) is 0 Å². The summed E-state index contributed by atoms with van der Waals surface area (Å²) in [4.78, 5) is 45.5. The summed E-state index contributed by atoms with van der Waals surface area (Å²) in [5, 5.41) is 57.9. The minimum atomic E-state index is -1.65. The molecular weight excluding hydrogens is 424 g/mol. The molecule has 162 valence electrons. The maximum absolute atomic E-state index is 11.5. The van der Waals surface area contributed by atoms with Crippen LogP contribution in [0.1, 0.15) is 41.4 Å². The van der Waals surface area contributed by atoms with Gasteiger partial charge < -0.3 is 30.6 Å². The molecule has 0 amide bonds. The fourth-order valence-electron chi connectivity index (χ4n) is 3.29. The van der Waals surface area contributed by atoms with E-state index >= 15 is 0 Å². The molecule has 0 fully saturated rings. The Morgan fingerprint density at radius 2 is 0.906 bits per heavy atom. The number of hydrogen-bond acceptors (Lipinski definition) is 6. The van der Waals surface area contributed by atoms with Crippen LogP contribution in [0, 0.1) is 0 Å². The highest BCUT2D eigenvalue weighted by Gasteiger charge is 2.25. The average molecular weight is 438 g/mol. The number of phenols is 2. The van der Waals surface area contributed by atoms with E-state index in [1.807, 2.05) is 0 Å². The molecule has 32 heavy (non-hydrogen) atoms. The maximum Gasteiger partial charge on any atom is 0.340 e. The first-order chi connectivity index (χ1) is 15.0. The largest absolute Gasteiger partial charge is 0.506 e. The Hall–Kier alpha value is -4.86. The second-order valence-electron chi connectivity index (χ2n) is 6.57. The highest BCUT2D eigenvalue weighted by Crippen LogP contribution is 2.39. The van der Waals surface area contributed by atoms with Gasteiger partial charge >= 0.3 is 23.9 Å². The van der Waals surface area contributed by atoms with Crippen LogP contribution in [0.4, 0.5) is 0 Å². The van der Waals surface area contributed by atoms with Crippen LogP contribution < -0.4 is 0 Å². The average Bonchev–Trinajstić information content (AvgIpc) is 2.72. The van der Waals surface area contributed by atoms with Gasteiger partial charge in [0, 0.05) is 11.1 Å². The Morgan fingerprint density at radius 1 is 0.531 bits per heavy atom. The van der Waals surface area contributed by atoms with Gasteiger partial charge in [0.1, 0.15) is 22.6 Å². The van der Waals surface area contributed by atoms with Gasteiger partial charge in [-0.05, 0) is 41.5 Å². The quantitative estimate of drug-likeness (QED) is 0.333. The molecule has 6 N–H and O–H groups in total. The van der Waals surface area contributed by atoms with Crippen molar-refractivity contribution >= 4 is 23.9 Å². The van der Waals surface area contributed by atoms with E-state index in [1.165, 1.54) is 36.4 Å². The zero-order valence-electron chi connectivity index (χ0n) is 15.9. The molecular formula is C22H14O10. The molecule has 0 aromatic heterocycles. The molecule has 0 saturated carbocycles. The smallest absolute Gasteiger partial charge is 0.340 e. The first kappa shape index (κ1) is 21.8. The van der Waals surface area contributed by atoms with Crippen LogP contribution in [0.5, 0.6) is 11.5 Å². The normalized spacial score (nSPS) is 10.5. The van der Waals surface area contributed by atoms with E-state index in [2.05, 4.69) is 0 Å². The fourth-order valence-corrected chi connectivity index (χ4v) is 3.29. The fraction of sp³-hybridized carbons (Fsp3) is 0. The van der Waals surface area contributed by atoms with Gasteiger partial charge in [0.2, 0.25) is 0 Å². The van der Waals surface area contributed by atoms with Crippen molar-refractivity contribution in [3.8, 4) is 33.8 Å². The number of hydrogen-bond donors (Lipinski definition) is 6. The number of carboxylic acids is 4. The van der Waals surface area contributed by atoms with Crippen molar-refractivity contribution in [2.75, 3.05) is 0 Å². The van der Waals surface area contributed by atoms with Crippen LogP contribution in [-0.4, -0.2) is 54.5 Å². The van der Waals surface area contributed by atoms with Gasteiger partial charge in [0.05, 0.1) is 11.1 Å². The Balaban J connectivity index is 2.22. The number of rotatable bonds is 6. The second-order valence-corrected chi connectivity index (χ2v) is 6.57. The minimum Gasteiger partial charge on any atom is -0.506 e. The number of carboxylic acid groups (broad SMARTS) is 4. The zero-order valence-corrected chi connectivity index (χ0v) is 15.9. The molecule has 10 heteroatoms. The van der Waals surface area contributed by atoms with Gasteiger partial charge in [-0.15, -0.1) is 0 Å². The predicted octanol–water partition coefficient (Wildman–Crippen LogP) is 3.22. The number of benzene rings is 3. The first-order valence-electron chi connectivity index (χ1n) is 8.80. The number of aromatic hydroxyl groups is 2. The van der Waals surface area contributed by atoms with E-state index in [0.29, 0.717) is 0 Å². The maximum atomic E-state index is 11.5. The molecule has 3 aromatic rings. The molecule has 0 heterocycles. The van der Waals surface area contributed by atoms with Crippen molar-refractivity contribution in [2.24, 2.45) is 0 Å². The van der Waals surface area contributed by atoms with Crippen molar-refractivity contribution in [3.05, 3.63) is 70.8 Å². The van der Waals surface area contributed by atoms with Crippen LogP contribution >= 0.6 is 0 Å². The molecule has 0 unspecified atom stereocenters. The molecule has 0 saturated heterocycles. The highest BCUT2D eigenvalue weighted by atomic mass is 16.4. The van der Waals surface area contributed by atoms with Gasteiger partial charge in [-0.1, -0.05) is 18.2 Å². The van der Waals surface area contributed by atoms with E-state index < -0.39 is 57.6 Å². The zero-order chi connectivity index (χ0) is 23.7. The molecule has 0 atom stereocenters. The summed E-state index contributed by atoms with van der Waals surface area (Å²) < 4.78 is 0. The topological polar surface area (TPSA) is 190 Å². The van der Waals surface area contributed by atoms with Gasteiger partial charge in [-0.25, -0.2) is 19.2 Å². The summed E-state index contributed by atoms with van der Waals surface area (Å²) >= 11 is 0. The summed E-state index contributed by atoms with van der Waals surface area (Å²) in [7, 11) is 0. The SMILES string of the molecule is O=C(O)c1ccc(-c2cccc(-c3ccc(C(=O)O)c(C(=O)O)c3O)c2)c(O)c1C(=O)O. The summed E-state index contributed by atoms with van der Waals surface area (Å²) in [5.74, 6) is -7.94. The molecule has 0 bridgehead atoms. The summed E-state index contributed by atoms with van der Waals surface area (Å²) in [5.41, 5.74) is -2.39. The van der Waals surface area contributed by atoms with E-state index in [-0.39, 0.29) is 22.3 Å². The van der Waals surface area contributed by atoms with Crippen molar-refractivity contribution < 1.29 is 49.8 Å². The van der Waals surface area contributed by atoms with Crippen LogP contribution in [0.25, 0.3) is 22.3 Å². The standard InChI is InChI=1S/C22H14O10/c23-17-11(4-6-13(19(25)26)15(17)21(29)30)9-2-1-3-10(8-9)12-5-7-14(20(27)28)16(18(12)24)22(31)32/h1-8,23-24H,(H,25,26)(H,27,28)(H,29,30)(H,31,32). The monoisotopic (exact) mass is 438 g/mol. The lowest BCUT2D eigenvalue weighted by atomic mass is 9.93. The third kappa shape index (κ3) is 3.67. The lowest BCUT2D eigenvalue weighted by Gasteiger charge is -2.13. The molecule has 3 aromatic carbocycles. The molecule has 10 nitrogen and oxygen atoms in total. The van der Waals surface area contributed by atoms with Gasteiger partial charge in [-0.2, -0.15) is 0 Å².